The summed E-state index contributed by atoms with van der Waals surface area (Å²) in [5, 5.41) is 6.63. The lowest BCUT2D eigenvalue weighted by molar-refractivity contribution is -0.116. The molecule has 0 aliphatic heterocycles. The molecule has 1 aromatic carbocycles. The van der Waals surface area contributed by atoms with Crippen LogP contribution in [0.2, 0.25) is 0 Å². The standard InChI is InChI=1S/C13H15N5O3/c1-21-13(20)12-15-8-18(17-12)6-5-11(19)16-10-4-2-3-9(14)7-10/h2-4,7-8H,5-6,14H2,1H3,(H,16,19). The van der Waals surface area contributed by atoms with E-state index in [9.17, 15) is 9.59 Å². The van der Waals surface area contributed by atoms with Gasteiger partial charge in [0.05, 0.1) is 13.7 Å². The van der Waals surface area contributed by atoms with Gasteiger partial charge in [0, 0.05) is 17.8 Å². The fraction of sp³-hybridized carbons (Fsp3) is 0.231. The summed E-state index contributed by atoms with van der Waals surface area (Å²) in [6.07, 6.45) is 1.57. The molecular formula is C13H15N5O3. The minimum Gasteiger partial charge on any atom is -0.463 e. The van der Waals surface area contributed by atoms with E-state index in [0.29, 0.717) is 17.9 Å². The predicted molar refractivity (Wildman–Crippen MR) is 75.5 cm³/mol. The number of nitrogens with zero attached hydrogens (tertiary/aromatic N) is 3. The second-order valence-corrected chi connectivity index (χ2v) is 4.25. The lowest BCUT2D eigenvalue weighted by Crippen LogP contribution is -2.15. The molecular weight excluding hydrogens is 274 g/mol. The van der Waals surface area contributed by atoms with Crippen molar-refractivity contribution in [1.82, 2.24) is 14.8 Å². The van der Waals surface area contributed by atoms with Crippen LogP contribution in [-0.2, 0) is 16.1 Å². The van der Waals surface area contributed by atoms with E-state index in [2.05, 4.69) is 20.1 Å². The van der Waals surface area contributed by atoms with E-state index < -0.39 is 5.97 Å². The minimum atomic E-state index is -0.613. The van der Waals surface area contributed by atoms with Gasteiger partial charge in [0.1, 0.15) is 6.33 Å². The topological polar surface area (TPSA) is 112 Å². The van der Waals surface area contributed by atoms with Gasteiger partial charge in [-0.1, -0.05) is 6.07 Å². The third-order valence-corrected chi connectivity index (χ3v) is 2.64. The molecule has 0 bridgehead atoms. The molecule has 3 N–H and O–H groups in total. The number of nitrogen functional groups attached to an aromatic ring is 1. The Morgan fingerprint density at radius 2 is 2.24 bits per heavy atom. The number of hydrogen-bond donors (Lipinski definition) is 2. The van der Waals surface area contributed by atoms with Gasteiger partial charge in [0.15, 0.2) is 0 Å². The first-order valence-electron chi connectivity index (χ1n) is 6.21. The molecule has 0 unspecified atom stereocenters. The monoisotopic (exact) mass is 289 g/mol. The van der Waals surface area contributed by atoms with Crippen molar-refractivity contribution in [2.75, 3.05) is 18.2 Å². The normalized spacial score (nSPS) is 10.1. The molecule has 8 heteroatoms. The number of esters is 1. The van der Waals surface area contributed by atoms with Crippen LogP contribution in [-0.4, -0.2) is 33.8 Å². The van der Waals surface area contributed by atoms with Crippen molar-refractivity contribution in [3.05, 3.63) is 36.4 Å². The Balaban J connectivity index is 1.86. The van der Waals surface area contributed by atoms with Crippen LogP contribution < -0.4 is 11.1 Å². The summed E-state index contributed by atoms with van der Waals surface area (Å²) in [6.45, 7) is 0.304. The van der Waals surface area contributed by atoms with E-state index in [-0.39, 0.29) is 18.2 Å². The number of benzene rings is 1. The number of ether oxygens (including phenoxy) is 1. The minimum absolute atomic E-state index is 0.0336. The average Bonchev–Trinajstić information content (AvgIpc) is 2.93. The fourth-order valence-electron chi connectivity index (χ4n) is 1.64. The van der Waals surface area contributed by atoms with E-state index in [1.807, 2.05) is 0 Å². The predicted octanol–water partition coefficient (Wildman–Crippen LogP) is 0.676. The molecule has 0 fully saturated rings. The summed E-state index contributed by atoms with van der Waals surface area (Å²) >= 11 is 0. The first-order chi connectivity index (χ1) is 10.1. The number of nitrogens with two attached hydrogens (primary N) is 1. The first-order valence-corrected chi connectivity index (χ1v) is 6.21. The molecule has 1 heterocycles. The van der Waals surface area contributed by atoms with Gasteiger partial charge < -0.3 is 15.8 Å². The highest BCUT2D eigenvalue weighted by atomic mass is 16.5. The number of hydrogen-bond acceptors (Lipinski definition) is 6. The molecule has 2 rings (SSSR count). The van der Waals surface area contributed by atoms with E-state index in [1.165, 1.54) is 18.1 Å². The number of aryl methyl sites for hydroxylation is 1. The fourth-order valence-corrected chi connectivity index (χ4v) is 1.64. The third-order valence-electron chi connectivity index (χ3n) is 2.64. The van der Waals surface area contributed by atoms with Crippen molar-refractivity contribution < 1.29 is 14.3 Å². The number of nitrogens with one attached hydrogen (secondary N) is 1. The van der Waals surface area contributed by atoms with E-state index in [1.54, 1.807) is 24.3 Å². The van der Waals surface area contributed by atoms with Gasteiger partial charge in [-0.3, -0.25) is 9.48 Å². The Hall–Kier alpha value is -2.90. The van der Waals surface area contributed by atoms with Crippen LogP contribution in [0.5, 0.6) is 0 Å². The number of carbonyl (C=O) groups is 2. The van der Waals surface area contributed by atoms with Crippen LogP contribution in [0.3, 0.4) is 0 Å². The lowest BCUT2D eigenvalue weighted by atomic mass is 10.2. The van der Waals surface area contributed by atoms with Gasteiger partial charge in [-0.15, -0.1) is 5.10 Å². The molecule has 0 saturated heterocycles. The van der Waals surface area contributed by atoms with Gasteiger partial charge in [-0.25, -0.2) is 9.78 Å². The maximum Gasteiger partial charge on any atom is 0.377 e. The largest absolute Gasteiger partial charge is 0.463 e. The number of amides is 1. The highest BCUT2D eigenvalue weighted by molar-refractivity contribution is 5.91. The van der Waals surface area contributed by atoms with Crippen molar-refractivity contribution >= 4 is 23.3 Å². The Kier molecular flexibility index (Phi) is 4.50. The van der Waals surface area contributed by atoms with Crippen molar-refractivity contribution in [3.63, 3.8) is 0 Å². The molecule has 0 radical (unpaired) electrons. The maximum absolute atomic E-state index is 11.8. The Bertz CT molecular complexity index is 653. The summed E-state index contributed by atoms with van der Waals surface area (Å²) in [7, 11) is 1.25. The third kappa shape index (κ3) is 4.03. The van der Waals surface area contributed by atoms with Crippen LogP contribution in [0.25, 0.3) is 0 Å². The Labute approximate surface area is 120 Å². The quantitative estimate of drug-likeness (QED) is 0.618. The van der Waals surface area contributed by atoms with Crippen molar-refractivity contribution in [1.29, 1.82) is 0 Å². The number of methoxy groups -OCH3 is 1. The van der Waals surface area contributed by atoms with E-state index in [4.69, 9.17) is 5.73 Å². The molecule has 21 heavy (non-hydrogen) atoms. The van der Waals surface area contributed by atoms with Crippen LogP contribution in [0.4, 0.5) is 11.4 Å². The Morgan fingerprint density at radius 1 is 1.43 bits per heavy atom. The van der Waals surface area contributed by atoms with Crippen molar-refractivity contribution in [2.24, 2.45) is 0 Å². The average molecular weight is 289 g/mol. The van der Waals surface area contributed by atoms with Gasteiger partial charge >= 0.3 is 5.97 Å². The zero-order valence-corrected chi connectivity index (χ0v) is 11.4. The van der Waals surface area contributed by atoms with Gasteiger partial charge in [-0.2, -0.15) is 0 Å². The maximum atomic E-state index is 11.8. The molecule has 0 spiro atoms. The molecule has 0 saturated carbocycles. The zero-order chi connectivity index (χ0) is 15.2. The molecule has 0 atom stereocenters. The lowest BCUT2D eigenvalue weighted by Gasteiger charge is -2.05. The highest BCUT2D eigenvalue weighted by Gasteiger charge is 2.11. The molecule has 0 aliphatic rings. The molecule has 1 amide bonds. The van der Waals surface area contributed by atoms with E-state index in [0.717, 1.165) is 0 Å². The summed E-state index contributed by atoms with van der Waals surface area (Å²) in [5.74, 6) is -0.831. The number of rotatable bonds is 5. The second-order valence-electron chi connectivity index (χ2n) is 4.25. The smallest absolute Gasteiger partial charge is 0.377 e. The van der Waals surface area contributed by atoms with Gasteiger partial charge in [0.2, 0.25) is 5.91 Å². The van der Waals surface area contributed by atoms with E-state index >= 15 is 0 Å². The number of aromatic nitrogens is 3. The summed E-state index contributed by atoms with van der Waals surface area (Å²) in [6, 6.07) is 6.91. The molecule has 1 aromatic heterocycles. The summed E-state index contributed by atoms with van der Waals surface area (Å²) in [4.78, 5) is 26.8. The summed E-state index contributed by atoms with van der Waals surface area (Å²) < 4.78 is 5.90. The van der Waals surface area contributed by atoms with Crippen LogP contribution in [0.1, 0.15) is 17.0 Å². The number of anilines is 2. The highest BCUT2D eigenvalue weighted by Crippen LogP contribution is 2.12. The zero-order valence-electron chi connectivity index (χ0n) is 11.4. The second kappa shape index (κ2) is 6.51. The van der Waals surface area contributed by atoms with Gasteiger partial charge in [-0.05, 0) is 18.2 Å². The van der Waals surface area contributed by atoms with Gasteiger partial charge in [0.25, 0.3) is 5.82 Å². The van der Waals surface area contributed by atoms with Crippen LogP contribution >= 0.6 is 0 Å². The van der Waals surface area contributed by atoms with Crippen LogP contribution in [0.15, 0.2) is 30.6 Å². The molecule has 0 aliphatic carbocycles. The van der Waals surface area contributed by atoms with Crippen molar-refractivity contribution in [3.8, 4) is 0 Å². The summed E-state index contributed by atoms with van der Waals surface area (Å²) in [5.41, 5.74) is 6.84. The molecule has 2 aromatic rings. The molecule has 110 valence electrons. The Morgan fingerprint density at radius 3 is 2.95 bits per heavy atom. The number of carbonyl (C=O) groups excluding carboxylic acids is 2. The first kappa shape index (κ1) is 14.5. The van der Waals surface area contributed by atoms with Crippen molar-refractivity contribution in [2.45, 2.75) is 13.0 Å². The molecule has 8 nitrogen and oxygen atoms in total. The van der Waals surface area contributed by atoms with Crippen LogP contribution in [0, 0.1) is 0 Å². The SMILES string of the molecule is COC(=O)c1ncn(CCC(=O)Nc2cccc(N)c2)n1.